The number of hydrogen-bond acceptors (Lipinski definition) is 5. The average Bonchev–Trinajstić information content (AvgIpc) is 3.57. The van der Waals surface area contributed by atoms with Crippen molar-refractivity contribution in [3.8, 4) is 51.0 Å². The predicted molar refractivity (Wildman–Crippen MR) is 214 cm³/mol. The van der Waals surface area contributed by atoms with Crippen molar-refractivity contribution in [3.63, 3.8) is 0 Å². The fraction of sp³-hybridized carbons (Fsp3) is 0. The number of fused-ring (bicyclic) bond motifs is 3. The van der Waals surface area contributed by atoms with Gasteiger partial charge in [-0.3, -0.25) is 0 Å². The van der Waals surface area contributed by atoms with Gasteiger partial charge in [-0.05, 0) is 47.5 Å². The molecule has 2 N–H and O–H groups in total. The number of hydrogen-bond donors (Lipinski definition) is 2. The second-order valence-corrected chi connectivity index (χ2v) is 12.6. The summed E-state index contributed by atoms with van der Waals surface area (Å²) in [6.45, 7) is 0. The zero-order chi connectivity index (χ0) is 34.9. The molecule has 52 heavy (non-hydrogen) atoms. The van der Waals surface area contributed by atoms with Gasteiger partial charge in [0.1, 0.15) is 0 Å². The maximum absolute atomic E-state index is 8.26. The smallest absolute Gasteiger partial charge is 0.164 e. The van der Waals surface area contributed by atoms with E-state index in [1.807, 2.05) is 97.1 Å². The summed E-state index contributed by atoms with van der Waals surface area (Å²) in [6.07, 6.45) is 1.42. The number of nitrogens with one attached hydrogen (secondary N) is 2. The van der Waals surface area contributed by atoms with Crippen LogP contribution in [0.15, 0.2) is 176 Å². The highest BCUT2D eigenvalue weighted by molar-refractivity contribution is 6.16. The van der Waals surface area contributed by atoms with Crippen LogP contribution in [0.2, 0.25) is 0 Å². The Kier molecular flexibility index (Phi) is 7.87. The van der Waals surface area contributed by atoms with Crippen LogP contribution in [0, 0.1) is 5.41 Å². The van der Waals surface area contributed by atoms with Gasteiger partial charge in [-0.1, -0.05) is 140 Å². The molecule has 0 saturated heterocycles. The molecule has 9 aromatic rings. The molecule has 246 valence electrons. The van der Waals surface area contributed by atoms with Crippen molar-refractivity contribution in [2.45, 2.75) is 0 Å². The first-order valence-corrected chi connectivity index (χ1v) is 17.2. The standard InChI is InChI=1S/C46H32N6/c47-30-36-25-28-40-39-21-10-11-22-41(39)52(43(40)42(36)48-37-19-8-3-9-20-37)38-26-23-31(24-27-38)34-17-12-18-35(29-34)46-50-44(32-13-4-1-5-14-32)49-45(51-46)33-15-6-2-7-16-33/h1-30,47-48H. The normalized spacial score (nSPS) is 11.2. The molecular formula is C46H32N6. The number of para-hydroxylation sites is 2. The van der Waals surface area contributed by atoms with Gasteiger partial charge in [0.05, 0.1) is 16.7 Å². The van der Waals surface area contributed by atoms with Crippen LogP contribution in [0.4, 0.5) is 11.4 Å². The summed E-state index contributed by atoms with van der Waals surface area (Å²) < 4.78 is 2.30. The van der Waals surface area contributed by atoms with Crippen LogP contribution in [0.1, 0.15) is 5.56 Å². The Morgan fingerprint density at radius 2 is 1.02 bits per heavy atom. The topological polar surface area (TPSA) is 79.5 Å². The Balaban J connectivity index is 1.14. The molecule has 0 aliphatic heterocycles. The highest BCUT2D eigenvalue weighted by atomic mass is 15.0. The van der Waals surface area contributed by atoms with Crippen LogP contribution < -0.4 is 5.32 Å². The zero-order valence-corrected chi connectivity index (χ0v) is 28.1. The summed E-state index contributed by atoms with van der Waals surface area (Å²) in [5, 5.41) is 14.2. The number of anilines is 2. The molecule has 0 radical (unpaired) electrons. The number of benzene rings is 7. The molecule has 9 rings (SSSR count). The maximum atomic E-state index is 8.26. The molecule has 0 spiro atoms. The second-order valence-electron chi connectivity index (χ2n) is 12.6. The van der Waals surface area contributed by atoms with Gasteiger partial charge in [0, 0.05) is 50.6 Å². The Labute approximate surface area is 301 Å². The molecule has 0 unspecified atom stereocenters. The average molecular weight is 669 g/mol. The van der Waals surface area contributed by atoms with E-state index in [0.717, 1.165) is 72.2 Å². The quantitative estimate of drug-likeness (QED) is 0.158. The largest absolute Gasteiger partial charge is 0.353 e. The lowest BCUT2D eigenvalue weighted by molar-refractivity contribution is 1.07. The minimum Gasteiger partial charge on any atom is -0.353 e. The second kappa shape index (κ2) is 13.3. The van der Waals surface area contributed by atoms with Gasteiger partial charge >= 0.3 is 0 Å². The molecule has 0 amide bonds. The minimum atomic E-state index is 0.622. The van der Waals surface area contributed by atoms with E-state index in [2.05, 4.69) is 88.7 Å². The molecule has 0 fully saturated rings. The summed E-state index contributed by atoms with van der Waals surface area (Å²) >= 11 is 0. The van der Waals surface area contributed by atoms with Gasteiger partial charge in [0.2, 0.25) is 0 Å². The van der Waals surface area contributed by atoms with Crippen molar-refractivity contribution in [3.05, 3.63) is 181 Å². The van der Waals surface area contributed by atoms with E-state index in [9.17, 15) is 0 Å². The molecule has 2 aromatic heterocycles. The molecule has 0 aliphatic rings. The van der Waals surface area contributed by atoms with E-state index >= 15 is 0 Å². The number of nitrogens with zero attached hydrogens (tertiary/aromatic N) is 4. The zero-order valence-electron chi connectivity index (χ0n) is 28.1. The Bertz CT molecular complexity index is 2640. The van der Waals surface area contributed by atoms with Crippen molar-refractivity contribution in [2.24, 2.45) is 0 Å². The Morgan fingerprint density at radius 3 is 1.67 bits per heavy atom. The van der Waals surface area contributed by atoms with Crippen LogP contribution in [0.5, 0.6) is 0 Å². The minimum absolute atomic E-state index is 0.622. The van der Waals surface area contributed by atoms with Crippen LogP contribution in [-0.4, -0.2) is 25.7 Å². The molecule has 7 aromatic carbocycles. The van der Waals surface area contributed by atoms with Gasteiger partial charge in [-0.2, -0.15) is 0 Å². The van der Waals surface area contributed by atoms with E-state index in [4.69, 9.17) is 20.4 Å². The van der Waals surface area contributed by atoms with Crippen LogP contribution >= 0.6 is 0 Å². The molecule has 0 bridgehead atoms. The highest BCUT2D eigenvalue weighted by Gasteiger charge is 2.18. The lowest BCUT2D eigenvalue weighted by Gasteiger charge is -2.16. The van der Waals surface area contributed by atoms with Gasteiger partial charge in [-0.25, -0.2) is 15.0 Å². The Morgan fingerprint density at radius 1 is 0.462 bits per heavy atom. The number of aromatic nitrogens is 4. The number of rotatable bonds is 8. The van der Waals surface area contributed by atoms with Crippen molar-refractivity contribution in [1.82, 2.24) is 19.5 Å². The van der Waals surface area contributed by atoms with Crippen molar-refractivity contribution in [1.29, 1.82) is 5.41 Å². The van der Waals surface area contributed by atoms with Gasteiger partial charge in [0.15, 0.2) is 17.5 Å². The first-order valence-electron chi connectivity index (χ1n) is 17.2. The van der Waals surface area contributed by atoms with E-state index in [1.54, 1.807) is 0 Å². The van der Waals surface area contributed by atoms with E-state index in [1.165, 1.54) is 6.21 Å². The summed E-state index contributed by atoms with van der Waals surface area (Å²) in [4.78, 5) is 14.7. The van der Waals surface area contributed by atoms with Gasteiger partial charge in [0.25, 0.3) is 0 Å². The first-order chi connectivity index (χ1) is 25.7. The molecule has 0 aliphatic carbocycles. The third-order valence-electron chi connectivity index (χ3n) is 9.35. The van der Waals surface area contributed by atoms with Gasteiger partial charge in [-0.15, -0.1) is 0 Å². The van der Waals surface area contributed by atoms with Crippen LogP contribution in [0.3, 0.4) is 0 Å². The molecule has 0 saturated carbocycles. The SMILES string of the molecule is N=Cc1ccc2c3ccccc3n(-c3ccc(-c4cccc(-c5nc(-c6ccccc6)nc(-c6ccccc6)n5)c4)cc3)c2c1Nc1ccccc1. The predicted octanol–water partition coefficient (Wildman–Crippen LogP) is 11.4. The summed E-state index contributed by atoms with van der Waals surface area (Å²) in [5.41, 5.74) is 10.8. The fourth-order valence-corrected chi connectivity index (χ4v) is 6.84. The van der Waals surface area contributed by atoms with E-state index in [0.29, 0.717) is 17.5 Å². The van der Waals surface area contributed by atoms with Crippen LogP contribution in [-0.2, 0) is 0 Å². The van der Waals surface area contributed by atoms with Crippen molar-refractivity contribution >= 4 is 39.4 Å². The van der Waals surface area contributed by atoms with E-state index < -0.39 is 0 Å². The monoisotopic (exact) mass is 668 g/mol. The van der Waals surface area contributed by atoms with Crippen molar-refractivity contribution in [2.75, 3.05) is 5.32 Å². The van der Waals surface area contributed by atoms with Gasteiger partial charge < -0.3 is 15.3 Å². The Hall–Kier alpha value is -7.18. The lowest BCUT2D eigenvalue weighted by Crippen LogP contribution is -2.01. The summed E-state index contributed by atoms with van der Waals surface area (Å²) in [7, 11) is 0. The highest BCUT2D eigenvalue weighted by Crippen LogP contribution is 2.39. The summed E-state index contributed by atoms with van der Waals surface area (Å²) in [6, 6.07) is 59.9. The third kappa shape index (κ3) is 5.68. The fourth-order valence-electron chi connectivity index (χ4n) is 6.84. The molecule has 6 nitrogen and oxygen atoms in total. The molecular weight excluding hydrogens is 637 g/mol. The molecule has 6 heteroatoms. The lowest BCUT2D eigenvalue weighted by atomic mass is 10.0. The van der Waals surface area contributed by atoms with E-state index in [-0.39, 0.29) is 0 Å². The molecule has 0 atom stereocenters. The first kappa shape index (κ1) is 30.8. The maximum Gasteiger partial charge on any atom is 0.164 e. The summed E-state index contributed by atoms with van der Waals surface area (Å²) in [5.74, 6) is 1.90. The van der Waals surface area contributed by atoms with Crippen molar-refractivity contribution < 1.29 is 0 Å². The van der Waals surface area contributed by atoms with Crippen LogP contribution in [0.25, 0.3) is 72.8 Å². The third-order valence-corrected chi connectivity index (χ3v) is 9.35. The molecule has 2 heterocycles.